The molecule has 80 valence electrons. The van der Waals surface area contributed by atoms with Gasteiger partial charge in [0.25, 0.3) is 5.97 Å². The van der Waals surface area contributed by atoms with Crippen molar-refractivity contribution in [1.82, 2.24) is 0 Å². The predicted molar refractivity (Wildman–Crippen MR) is 45.3 cm³/mol. The van der Waals surface area contributed by atoms with Crippen LogP contribution in [-0.2, 0) is 23.7 Å². The molecule has 0 spiro atoms. The Morgan fingerprint density at radius 2 is 1.93 bits per heavy atom. The molecule has 0 N–H and O–H groups in total. The summed E-state index contributed by atoms with van der Waals surface area (Å²) in [6, 6.07) is 0. The zero-order valence-corrected chi connectivity index (χ0v) is 8.15. The first-order chi connectivity index (χ1) is 6.74. The van der Waals surface area contributed by atoms with E-state index in [-0.39, 0.29) is 12.4 Å². The molecule has 3 aliphatic rings. The van der Waals surface area contributed by atoms with Crippen LogP contribution in [0.15, 0.2) is 0 Å². The fraction of sp³-hybridized carbons (Fsp3) is 0.889. The van der Waals surface area contributed by atoms with E-state index < -0.39 is 5.97 Å². The molecule has 0 aromatic carbocycles. The summed E-state index contributed by atoms with van der Waals surface area (Å²) in [5.41, 5.74) is 0. The Morgan fingerprint density at radius 3 is 2.43 bits per heavy atom. The number of carbonyl (C=O) groups is 1. The van der Waals surface area contributed by atoms with E-state index in [1.807, 2.05) is 0 Å². The fourth-order valence-corrected chi connectivity index (χ4v) is 1.58. The molecule has 0 radical (unpaired) electrons. The molecule has 0 atom stereocenters. The number of hydrogen-bond acceptors (Lipinski definition) is 5. The third kappa shape index (κ3) is 1.89. The van der Waals surface area contributed by atoms with Gasteiger partial charge in [-0.1, -0.05) is 0 Å². The lowest BCUT2D eigenvalue weighted by Gasteiger charge is -2.45. The average molecular weight is 202 g/mol. The van der Waals surface area contributed by atoms with Crippen LogP contribution in [0.4, 0.5) is 0 Å². The van der Waals surface area contributed by atoms with Gasteiger partial charge < -0.3 is 18.9 Å². The van der Waals surface area contributed by atoms with Gasteiger partial charge in [0.1, 0.15) is 0 Å². The minimum absolute atomic E-state index is 0.251. The molecule has 3 fully saturated rings. The van der Waals surface area contributed by atoms with E-state index in [1.165, 1.54) is 7.11 Å². The lowest BCUT2D eigenvalue weighted by molar-refractivity contribution is -0.449. The van der Waals surface area contributed by atoms with Crippen molar-refractivity contribution in [2.24, 2.45) is 5.92 Å². The van der Waals surface area contributed by atoms with Crippen LogP contribution in [-0.4, -0.2) is 38.9 Å². The van der Waals surface area contributed by atoms with E-state index in [9.17, 15) is 4.79 Å². The minimum Gasteiger partial charge on any atom is -0.469 e. The van der Waals surface area contributed by atoms with Crippen LogP contribution in [0.25, 0.3) is 0 Å². The predicted octanol–water partition coefficient (Wildman–Crippen LogP) is 0.287. The summed E-state index contributed by atoms with van der Waals surface area (Å²) in [5, 5.41) is 0. The van der Waals surface area contributed by atoms with Gasteiger partial charge in [0.05, 0.1) is 33.4 Å². The molecule has 5 nitrogen and oxygen atoms in total. The van der Waals surface area contributed by atoms with E-state index in [0.717, 1.165) is 0 Å². The molecule has 14 heavy (non-hydrogen) atoms. The Hall–Kier alpha value is -0.650. The topological polar surface area (TPSA) is 54.0 Å². The Labute approximate surface area is 82.3 Å². The van der Waals surface area contributed by atoms with Gasteiger partial charge >= 0.3 is 5.97 Å². The van der Waals surface area contributed by atoms with Gasteiger partial charge in [0, 0.05) is 12.3 Å². The molecule has 2 bridgehead atoms. The SMILES string of the molecule is COC(=O)CCC12OCC(CO1)CO2. The van der Waals surface area contributed by atoms with Gasteiger partial charge in [0.2, 0.25) is 0 Å². The third-order valence-electron chi connectivity index (χ3n) is 2.48. The van der Waals surface area contributed by atoms with Gasteiger partial charge in [-0.25, -0.2) is 0 Å². The average Bonchev–Trinajstić information content (AvgIpc) is 2.28. The largest absolute Gasteiger partial charge is 0.469 e. The van der Waals surface area contributed by atoms with Crippen LogP contribution < -0.4 is 0 Å². The Kier molecular flexibility index (Phi) is 2.71. The maximum Gasteiger partial charge on any atom is 0.305 e. The Morgan fingerprint density at radius 1 is 1.36 bits per heavy atom. The molecular formula is C9H14O5. The number of carbonyl (C=O) groups excluding carboxylic acids is 1. The first-order valence-electron chi connectivity index (χ1n) is 4.73. The molecular weight excluding hydrogens is 188 g/mol. The van der Waals surface area contributed by atoms with Crippen molar-refractivity contribution < 1.29 is 23.7 Å². The summed E-state index contributed by atoms with van der Waals surface area (Å²) in [7, 11) is 1.36. The summed E-state index contributed by atoms with van der Waals surface area (Å²) in [4.78, 5) is 10.9. The van der Waals surface area contributed by atoms with Crippen LogP contribution in [0.5, 0.6) is 0 Å². The second-order valence-electron chi connectivity index (χ2n) is 3.56. The summed E-state index contributed by atoms with van der Waals surface area (Å²) >= 11 is 0. The highest BCUT2D eigenvalue weighted by molar-refractivity contribution is 5.69. The molecule has 5 heteroatoms. The zero-order valence-electron chi connectivity index (χ0n) is 8.15. The summed E-state index contributed by atoms with van der Waals surface area (Å²) in [6.07, 6.45) is 0.646. The molecule has 3 rings (SSSR count). The van der Waals surface area contributed by atoms with Crippen molar-refractivity contribution in [2.75, 3.05) is 26.9 Å². The van der Waals surface area contributed by atoms with E-state index in [0.29, 0.717) is 32.2 Å². The molecule has 0 aliphatic carbocycles. The van der Waals surface area contributed by atoms with Gasteiger partial charge in [-0.05, 0) is 0 Å². The van der Waals surface area contributed by atoms with Gasteiger partial charge in [0.15, 0.2) is 0 Å². The molecule has 0 unspecified atom stereocenters. The quantitative estimate of drug-likeness (QED) is 0.615. The van der Waals surface area contributed by atoms with Crippen molar-refractivity contribution in [3.8, 4) is 0 Å². The highest BCUT2D eigenvalue weighted by Gasteiger charge is 2.44. The number of methoxy groups -OCH3 is 1. The van der Waals surface area contributed by atoms with E-state index in [2.05, 4.69) is 4.74 Å². The Bertz CT molecular complexity index is 205. The summed E-state index contributed by atoms with van der Waals surface area (Å²) < 4.78 is 20.8. The molecule has 0 aromatic heterocycles. The smallest absolute Gasteiger partial charge is 0.305 e. The molecule has 0 aromatic rings. The van der Waals surface area contributed by atoms with Crippen LogP contribution in [0.3, 0.4) is 0 Å². The van der Waals surface area contributed by atoms with Crippen molar-refractivity contribution in [1.29, 1.82) is 0 Å². The number of esters is 1. The van der Waals surface area contributed by atoms with Crippen molar-refractivity contribution in [3.05, 3.63) is 0 Å². The van der Waals surface area contributed by atoms with Crippen molar-refractivity contribution >= 4 is 5.97 Å². The maximum atomic E-state index is 10.9. The second-order valence-corrected chi connectivity index (χ2v) is 3.56. The highest BCUT2D eigenvalue weighted by Crippen LogP contribution is 2.33. The first-order valence-corrected chi connectivity index (χ1v) is 4.73. The summed E-state index contributed by atoms with van der Waals surface area (Å²) in [5.74, 6) is -0.916. The van der Waals surface area contributed by atoms with Gasteiger partial charge in [-0.3, -0.25) is 4.79 Å². The third-order valence-corrected chi connectivity index (χ3v) is 2.48. The number of fused-ring (bicyclic) bond motifs is 3. The standard InChI is InChI=1S/C9H14O5/c1-11-8(10)2-3-9-12-4-7(5-13-9)6-14-9/h7H,2-6H2,1H3. The van der Waals surface area contributed by atoms with Crippen molar-refractivity contribution in [2.45, 2.75) is 18.8 Å². The number of rotatable bonds is 3. The van der Waals surface area contributed by atoms with Crippen molar-refractivity contribution in [3.63, 3.8) is 0 Å². The minimum atomic E-state index is -0.983. The van der Waals surface area contributed by atoms with E-state index in [1.54, 1.807) is 0 Å². The lowest BCUT2D eigenvalue weighted by Crippen LogP contribution is -2.54. The van der Waals surface area contributed by atoms with E-state index >= 15 is 0 Å². The second kappa shape index (κ2) is 3.84. The number of hydrogen-bond donors (Lipinski definition) is 0. The Balaban J connectivity index is 1.86. The zero-order chi connectivity index (χ0) is 10.0. The molecule has 3 heterocycles. The van der Waals surface area contributed by atoms with E-state index in [4.69, 9.17) is 14.2 Å². The molecule has 3 aliphatic heterocycles. The van der Waals surface area contributed by atoms with Gasteiger partial charge in [-0.15, -0.1) is 0 Å². The maximum absolute atomic E-state index is 10.9. The monoisotopic (exact) mass is 202 g/mol. The fourth-order valence-electron chi connectivity index (χ4n) is 1.58. The van der Waals surface area contributed by atoms with Crippen LogP contribution in [0.1, 0.15) is 12.8 Å². The molecule has 0 saturated carbocycles. The molecule has 3 saturated heterocycles. The normalized spacial score (nSPS) is 35.6. The van der Waals surface area contributed by atoms with Crippen LogP contribution >= 0.6 is 0 Å². The number of ether oxygens (including phenoxy) is 4. The molecule has 0 amide bonds. The van der Waals surface area contributed by atoms with Crippen LogP contribution in [0, 0.1) is 5.92 Å². The van der Waals surface area contributed by atoms with Gasteiger partial charge in [-0.2, -0.15) is 0 Å². The first kappa shape index (κ1) is 9.89. The lowest BCUT2D eigenvalue weighted by atomic mass is 10.1. The van der Waals surface area contributed by atoms with Crippen LogP contribution in [0.2, 0.25) is 0 Å². The summed E-state index contributed by atoms with van der Waals surface area (Å²) in [6.45, 7) is 1.96. The highest BCUT2D eigenvalue weighted by atomic mass is 16.9.